The first-order chi connectivity index (χ1) is 5.41. The van der Waals surface area contributed by atoms with Gasteiger partial charge in [-0.2, -0.15) is 0 Å². The van der Waals surface area contributed by atoms with Crippen LogP contribution in [-0.2, 0) is 9.53 Å². The van der Waals surface area contributed by atoms with E-state index in [4.69, 9.17) is 11.6 Å². The number of alkyl halides is 1. The van der Waals surface area contributed by atoms with Gasteiger partial charge in [0.2, 0.25) is 0 Å². The molecule has 0 aromatic rings. The van der Waals surface area contributed by atoms with Crippen LogP contribution in [0.25, 0.3) is 0 Å². The second-order valence-corrected chi connectivity index (χ2v) is 2.44. The topological polar surface area (TPSA) is 26.3 Å². The SMILES string of the molecule is C1=CCCC1.O=COCCCl. The Hall–Kier alpha value is -0.500. The summed E-state index contributed by atoms with van der Waals surface area (Å²) in [4.78, 5) is 9.28. The predicted molar refractivity (Wildman–Crippen MR) is 45.7 cm³/mol. The maximum Gasteiger partial charge on any atom is 0.293 e. The zero-order valence-corrected chi connectivity index (χ0v) is 7.22. The molecular weight excluding hydrogens is 164 g/mol. The van der Waals surface area contributed by atoms with Gasteiger partial charge in [-0.1, -0.05) is 12.2 Å². The van der Waals surface area contributed by atoms with Crippen molar-refractivity contribution < 1.29 is 9.53 Å². The normalized spacial score (nSPS) is 13.5. The number of carbonyl (C=O) groups excluding carboxylic acids is 1. The van der Waals surface area contributed by atoms with Gasteiger partial charge in [0, 0.05) is 0 Å². The third kappa shape index (κ3) is 9.50. The Morgan fingerprint density at radius 3 is 2.27 bits per heavy atom. The Morgan fingerprint density at radius 1 is 1.45 bits per heavy atom. The summed E-state index contributed by atoms with van der Waals surface area (Å²) in [6.45, 7) is 0.688. The van der Waals surface area contributed by atoms with E-state index in [-0.39, 0.29) is 0 Å². The number of allylic oxidation sites excluding steroid dienone is 2. The third-order valence-electron chi connectivity index (χ3n) is 1.17. The molecule has 0 N–H and O–H groups in total. The van der Waals surface area contributed by atoms with Crippen LogP contribution < -0.4 is 0 Å². The van der Waals surface area contributed by atoms with Crippen LogP contribution in [0, 0.1) is 0 Å². The van der Waals surface area contributed by atoms with Crippen molar-refractivity contribution in [1.29, 1.82) is 0 Å². The van der Waals surface area contributed by atoms with E-state index in [0.717, 1.165) is 0 Å². The number of ether oxygens (including phenoxy) is 1. The minimum atomic E-state index is 0.311. The van der Waals surface area contributed by atoms with Gasteiger partial charge in [-0.15, -0.1) is 11.6 Å². The van der Waals surface area contributed by atoms with Gasteiger partial charge < -0.3 is 4.74 Å². The molecule has 1 aliphatic rings. The molecule has 0 aliphatic heterocycles. The molecule has 64 valence electrons. The summed E-state index contributed by atoms with van der Waals surface area (Å²) < 4.78 is 4.17. The lowest BCUT2D eigenvalue weighted by molar-refractivity contribution is -0.128. The molecule has 0 radical (unpaired) electrons. The molecule has 0 unspecified atom stereocenters. The fourth-order valence-electron chi connectivity index (χ4n) is 0.682. The number of hydrogen-bond acceptors (Lipinski definition) is 2. The van der Waals surface area contributed by atoms with Crippen molar-refractivity contribution in [3.05, 3.63) is 12.2 Å². The molecule has 0 saturated carbocycles. The van der Waals surface area contributed by atoms with Gasteiger partial charge in [0.1, 0.15) is 6.61 Å². The highest BCUT2D eigenvalue weighted by Crippen LogP contribution is 2.05. The van der Waals surface area contributed by atoms with E-state index in [9.17, 15) is 4.79 Å². The summed E-state index contributed by atoms with van der Waals surface area (Å²) in [6, 6.07) is 0. The molecule has 0 bridgehead atoms. The van der Waals surface area contributed by atoms with Crippen molar-refractivity contribution in [2.24, 2.45) is 0 Å². The first-order valence-electron chi connectivity index (χ1n) is 3.68. The van der Waals surface area contributed by atoms with Crippen molar-refractivity contribution in [3.8, 4) is 0 Å². The van der Waals surface area contributed by atoms with Crippen LogP contribution in [0.4, 0.5) is 0 Å². The average Bonchev–Trinajstić information content (AvgIpc) is 2.57. The smallest absolute Gasteiger partial charge is 0.293 e. The van der Waals surface area contributed by atoms with Crippen LogP contribution in [-0.4, -0.2) is 19.0 Å². The minimum absolute atomic E-state index is 0.311. The molecule has 0 aromatic carbocycles. The molecule has 0 saturated heterocycles. The number of halogens is 1. The maximum atomic E-state index is 9.28. The molecule has 0 spiro atoms. The van der Waals surface area contributed by atoms with Crippen LogP contribution in [0.15, 0.2) is 12.2 Å². The summed E-state index contributed by atoms with van der Waals surface area (Å²) in [5.41, 5.74) is 0. The number of carbonyl (C=O) groups is 1. The van der Waals surface area contributed by atoms with Gasteiger partial charge >= 0.3 is 0 Å². The Balaban J connectivity index is 0.000000183. The number of rotatable bonds is 3. The van der Waals surface area contributed by atoms with Gasteiger partial charge in [0.15, 0.2) is 0 Å². The highest BCUT2D eigenvalue weighted by atomic mass is 35.5. The van der Waals surface area contributed by atoms with Crippen molar-refractivity contribution in [3.63, 3.8) is 0 Å². The molecular formula is C8H13ClO2. The van der Waals surface area contributed by atoms with E-state index in [1.807, 2.05) is 0 Å². The molecule has 1 aliphatic carbocycles. The largest absolute Gasteiger partial charge is 0.467 e. The Bertz CT molecular complexity index is 107. The summed E-state index contributed by atoms with van der Waals surface area (Å²) in [6.07, 6.45) is 8.50. The standard InChI is InChI=1S/C5H8.C3H5ClO2/c1-2-4-5-3-1;4-1-2-6-3-5/h1-2H,3-5H2;3H,1-2H2. The van der Waals surface area contributed by atoms with Crippen molar-refractivity contribution in [1.82, 2.24) is 0 Å². The zero-order valence-electron chi connectivity index (χ0n) is 6.46. The van der Waals surface area contributed by atoms with E-state index in [1.165, 1.54) is 19.3 Å². The molecule has 11 heavy (non-hydrogen) atoms. The second-order valence-electron chi connectivity index (χ2n) is 2.06. The van der Waals surface area contributed by atoms with Crippen LogP contribution in [0.2, 0.25) is 0 Å². The fraction of sp³-hybridized carbons (Fsp3) is 0.625. The Kier molecular flexibility index (Phi) is 9.07. The lowest BCUT2D eigenvalue weighted by Crippen LogP contribution is -1.90. The summed E-state index contributed by atoms with van der Waals surface area (Å²) >= 11 is 5.10. The lowest BCUT2D eigenvalue weighted by atomic mass is 10.4. The van der Waals surface area contributed by atoms with Crippen LogP contribution in [0.3, 0.4) is 0 Å². The fourth-order valence-corrected chi connectivity index (χ4v) is 0.771. The summed E-state index contributed by atoms with van der Waals surface area (Å²) in [7, 11) is 0. The Labute approximate surface area is 72.2 Å². The molecule has 0 heterocycles. The summed E-state index contributed by atoms with van der Waals surface area (Å²) in [5, 5.41) is 0. The van der Waals surface area contributed by atoms with Crippen LogP contribution in [0.1, 0.15) is 19.3 Å². The van der Waals surface area contributed by atoms with E-state index < -0.39 is 0 Å². The van der Waals surface area contributed by atoms with E-state index in [2.05, 4.69) is 16.9 Å². The maximum absolute atomic E-state index is 9.28. The quantitative estimate of drug-likeness (QED) is 0.285. The predicted octanol–water partition coefficient (Wildman–Crippen LogP) is 2.12. The Morgan fingerprint density at radius 2 is 2.09 bits per heavy atom. The van der Waals surface area contributed by atoms with Crippen molar-refractivity contribution >= 4 is 18.1 Å². The van der Waals surface area contributed by atoms with Gasteiger partial charge in [-0.25, -0.2) is 0 Å². The van der Waals surface area contributed by atoms with E-state index >= 15 is 0 Å². The molecule has 1 rings (SSSR count). The van der Waals surface area contributed by atoms with Gasteiger partial charge in [-0.05, 0) is 19.3 Å². The number of hydrogen-bond donors (Lipinski definition) is 0. The van der Waals surface area contributed by atoms with Gasteiger partial charge in [0.25, 0.3) is 6.47 Å². The van der Waals surface area contributed by atoms with E-state index in [1.54, 1.807) is 0 Å². The third-order valence-corrected chi connectivity index (χ3v) is 1.33. The molecule has 2 nitrogen and oxygen atoms in total. The first kappa shape index (κ1) is 10.5. The lowest BCUT2D eigenvalue weighted by Gasteiger charge is -1.85. The van der Waals surface area contributed by atoms with Crippen molar-refractivity contribution in [2.45, 2.75) is 19.3 Å². The molecule has 0 amide bonds. The second kappa shape index (κ2) is 9.50. The molecule has 0 fully saturated rings. The first-order valence-corrected chi connectivity index (χ1v) is 4.21. The highest BCUT2D eigenvalue weighted by Gasteiger charge is 1.84. The monoisotopic (exact) mass is 176 g/mol. The van der Waals surface area contributed by atoms with Crippen LogP contribution in [0.5, 0.6) is 0 Å². The molecule has 3 heteroatoms. The summed E-state index contributed by atoms with van der Waals surface area (Å²) in [5.74, 6) is 0.374. The van der Waals surface area contributed by atoms with Crippen molar-refractivity contribution in [2.75, 3.05) is 12.5 Å². The van der Waals surface area contributed by atoms with Crippen LogP contribution >= 0.6 is 11.6 Å². The highest BCUT2D eigenvalue weighted by molar-refractivity contribution is 6.18. The van der Waals surface area contributed by atoms with E-state index in [0.29, 0.717) is 19.0 Å². The minimum Gasteiger partial charge on any atom is -0.467 e. The average molecular weight is 177 g/mol. The zero-order chi connectivity index (χ0) is 8.36. The molecule has 0 aromatic heterocycles. The molecule has 0 atom stereocenters. The van der Waals surface area contributed by atoms with Gasteiger partial charge in [0.05, 0.1) is 5.88 Å². The van der Waals surface area contributed by atoms with Gasteiger partial charge in [-0.3, -0.25) is 4.79 Å².